The van der Waals surface area contributed by atoms with Crippen LogP contribution in [0, 0.1) is 6.92 Å². The van der Waals surface area contributed by atoms with Gasteiger partial charge in [0.25, 0.3) is 5.91 Å². The van der Waals surface area contributed by atoms with Gasteiger partial charge in [-0.05, 0) is 25.0 Å². The molecule has 0 radical (unpaired) electrons. The summed E-state index contributed by atoms with van der Waals surface area (Å²) in [7, 11) is 0. The third-order valence-corrected chi connectivity index (χ3v) is 5.64. The van der Waals surface area contributed by atoms with Crippen molar-refractivity contribution in [3.63, 3.8) is 0 Å². The van der Waals surface area contributed by atoms with Crippen molar-refractivity contribution < 1.29 is 4.79 Å². The van der Waals surface area contributed by atoms with Crippen LogP contribution in [0.3, 0.4) is 0 Å². The van der Waals surface area contributed by atoms with Crippen molar-refractivity contribution in [2.45, 2.75) is 39.5 Å². The summed E-state index contributed by atoms with van der Waals surface area (Å²) in [6.45, 7) is 11.5. The first kappa shape index (κ1) is 17.8. The number of hydrogen-bond donors (Lipinski definition) is 0. The highest BCUT2D eigenvalue weighted by atomic mass is 32.1. The Hall–Kier alpha value is -2.02. The lowest BCUT2D eigenvalue weighted by atomic mass is 9.98. The number of pyridine rings is 1. The lowest BCUT2D eigenvalue weighted by Crippen LogP contribution is -2.35. The molecule has 1 aliphatic heterocycles. The Morgan fingerprint density at radius 2 is 1.92 bits per heavy atom. The number of aromatic nitrogens is 3. The minimum absolute atomic E-state index is 0.0158. The van der Waals surface area contributed by atoms with Crippen molar-refractivity contribution >= 4 is 22.4 Å². The summed E-state index contributed by atoms with van der Waals surface area (Å²) in [4.78, 5) is 21.0. The van der Waals surface area contributed by atoms with Crippen LogP contribution in [-0.4, -0.2) is 52.2 Å². The monoisotopic (exact) mass is 359 g/mol. The van der Waals surface area contributed by atoms with E-state index in [0.29, 0.717) is 12.1 Å². The zero-order valence-electron chi connectivity index (χ0n) is 15.3. The largest absolute Gasteiger partial charge is 0.345 e. The molecule has 1 fully saturated rings. The first-order valence-electron chi connectivity index (χ1n) is 8.64. The van der Waals surface area contributed by atoms with Gasteiger partial charge in [-0.25, -0.2) is 0 Å². The van der Waals surface area contributed by atoms with Crippen LogP contribution >= 0.6 is 11.3 Å². The molecular weight excluding hydrogens is 334 g/mol. The highest BCUT2D eigenvalue weighted by Gasteiger charge is 2.25. The van der Waals surface area contributed by atoms with Crippen LogP contribution in [-0.2, 0) is 5.41 Å². The maximum Gasteiger partial charge on any atom is 0.255 e. The molecule has 2 aromatic heterocycles. The maximum atomic E-state index is 12.7. The quantitative estimate of drug-likeness (QED) is 0.825. The number of rotatable bonds is 2. The summed E-state index contributed by atoms with van der Waals surface area (Å²) in [5.41, 5.74) is 1.69. The molecule has 0 saturated carbocycles. The van der Waals surface area contributed by atoms with Gasteiger partial charge < -0.3 is 9.80 Å². The van der Waals surface area contributed by atoms with Crippen LogP contribution < -0.4 is 4.90 Å². The zero-order valence-corrected chi connectivity index (χ0v) is 16.1. The van der Waals surface area contributed by atoms with Gasteiger partial charge in [0.15, 0.2) is 0 Å². The summed E-state index contributed by atoms with van der Waals surface area (Å²) in [6.07, 6.45) is 4.34. The number of hydrogen-bond acceptors (Lipinski definition) is 6. The molecule has 25 heavy (non-hydrogen) atoms. The van der Waals surface area contributed by atoms with Gasteiger partial charge >= 0.3 is 0 Å². The van der Waals surface area contributed by atoms with E-state index >= 15 is 0 Å². The van der Waals surface area contributed by atoms with Crippen molar-refractivity contribution in [2.24, 2.45) is 0 Å². The third-order valence-electron chi connectivity index (χ3n) is 4.23. The van der Waals surface area contributed by atoms with Crippen LogP contribution in [0.4, 0.5) is 5.13 Å². The highest BCUT2D eigenvalue weighted by Crippen LogP contribution is 2.30. The number of nitrogens with zero attached hydrogens (tertiary/aromatic N) is 5. The molecule has 0 unspecified atom stereocenters. The molecule has 134 valence electrons. The topological polar surface area (TPSA) is 62.2 Å². The van der Waals surface area contributed by atoms with Gasteiger partial charge in [-0.3, -0.25) is 9.78 Å². The summed E-state index contributed by atoms with van der Waals surface area (Å²) < 4.78 is 0. The van der Waals surface area contributed by atoms with E-state index in [4.69, 9.17) is 0 Å². The van der Waals surface area contributed by atoms with Crippen molar-refractivity contribution in [1.82, 2.24) is 20.1 Å². The van der Waals surface area contributed by atoms with E-state index in [2.05, 4.69) is 40.9 Å². The molecule has 0 spiro atoms. The summed E-state index contributed by atoms with van der Waals surface area (Å²) in [5.74, 6) is 0.0608. The van der Waals surface area contributed by atoms with Gasteiger partial charge in [0.05, 0.1) is 5.56 Å². The first-order chi connectivity index (χ1) is 11.8. The molecule has 1 amide bonds. The van der Waals surface area contributed by atoms with Crippen molar-refractivity contribution in [1.29, 1.82) is 0 Å². The molecule has 1 saturated heterocycles. The molecule has 3 heterocycles. The standard InChI is InChI=1S/C18H25N5OS/c1-13-10-14(12-19-11-13)15(24)22-6-5-7-23(9-8-22)17-21-20-16(25-17)18(2,3)4/h10-12H,5-9H2,1-4H3. The second-order valence-electron chi connectivity index (χ2n) is 7.52. The van der Waals surface area contributed by atoms with E-state index < -0.39 is 0 Å². The number of amides is 1. The fourth-order valence-electron chi connectivity index (χ4n) is 2.81. The van der Waals surface area contributed by atoms with Gasteiger partial charge in [0.1, 0.15) is 5.01 Å². The smallest absolute Gasteiger partial charge is 0.255 e. The molecule has 0 atom stereocenters. The lowest BCUT2D eigenvalue weighted by molar-refractivity contribution is 0.0766. The maximum absolute atomic E-state index is 12.7. The SMILES string of the molecule is Cc1cncc(C(=O)N2CCCN(c3nnc(C(C)(C)C)s3)CC2)c1. The Morgan fingerprint density at radius 3 is 2.60 bits per heavy atom. The molecular formula is C18H25N5OS. The van der Waals surface area contributed by atoms with Crippen molar-refractivity contribution in [2.75, 3.05) is 31.1 Å². The van der Waals surface area contributed by atoms with Crippen LogP contribution in [0.1, 0.15) is 48.1 Å². The van der Waals surface area contributed by atoms with E-state index in [9.17, 15) is 4.79 Å². The molecule has 2 aromatic rings. The van der Waals surface area contributed by atoms with Gasteiger partial charge in [0.2, 0.25) is 5.13 Å². The molecule has 0 N–H and O–H groups in total. The highest BCUT2D eigenvalue weighted by molar-refractivity contribution is 7.15. The minimum atomic E-state index is 0.0158. The van der Waals surface area contributed by atoms with E-state index in [1.807, 2.05) is 17.9 Å². The molecule has 1 aliphatic rings. The van der Waals surface area contributed by atoms with E-state index in [1.165, 1.54) is 0 Å². The Kier molecular flexibility index (Phi) is 5.03. The Bertz CT molecular complexity index is 752. The predicted octanol–water partition coefficient (Wildman–Crippen LogP) is 2.89. The number of carbonyl (C=O) groups excluding carboxylic acids is 1. The molecule has 0 aliphatic carbocycles. The van der Waals surface area contributed by atoms with E-state index in [1.54, 1.807) is 23.7 Å². The minimum Gasteiger partial charge on any atom is -0.345 e. The molecule has 3 rings (SSSR count). The van der Waals surface area contributed by atoms with E-state index in [-0.39, 0.29) is 11.3 Å². The van der Waals surface area contributed by atoms with Crippen LogP contribution in [0.15, 0.2) is 18.5 Å². The second-order valence-corrected chi connectivity index (χ2v) is 8.48. The number of anilines is 1. The van der Waals surface area contributed by atoms with Crippen LogP contribution in [0.5, 0.6) is 0 Å². The number of carbonyl (C=O) groups is 1. The number of aryl methyl sites for hydroxylation is 1. The fraction of sp³-hybridized carbons (Fsp3) is 0.556. The van der Waals surface area contributed by atoms with Crippen molar-refractivity contribution in [3.8, 4) is 0 Å². The normalized spacial score (nSPS) is 16.0. The van der Waals surface area contributed by atoms with Crippen molar-refractivity contribution in [3.05, 3.63) is 34.6 Å². The van der Waals surface area contributed by atoms with Gasteiger partial charge in [-0.15, -0.1) is 10.2 Å². The summed E-state index contributed by atoms with van der Waals surface area (Å²) in [6, 6.07) is 1.90. The van der Waals surface area contributed by atoms with E-state index in [0.717, 1.165) is 41.8 Å². The molecule has 6 nitrogen and oxygen atoms in total. The predicted molar refractivity (Wildman–Crippen MR) is 100 cm³/mol. The average Bonchev–Trinajstić information content (AvgIpc) is 2.94. The Balaban J connectivity index is 1.68. The fourth-order valence-corrected chi connectivity index (χ4v) is 3.77. The Labute approximate surface area is 152 Å². The molecule has 7 heteroatoms. The third kappa shape index (κ3) is 4.15. The second kappa shape index (κ2) is 7.07. The Morgan fingerprint density at radius 1 is 1.12 bits per heavy atom. The summed E-state index contributed by atoms with van der Waals surface area (Å²) >= 11 is 1.65. The summed E-state index contributed by atoms with van der Waals surface area (Å²) in [5, 5.41) is 10.7. The molecule has 0 aromatic carbocycles. The van der Waals surface area contributed by atoms with Crippen LogP contribution in [0.25, 0.3) is 0 Å². The first-order valence-corrected chi connectivity index (χ1v) is 9.46. The van der Waals surface area contributed by atoms with Crippen LogP contribution in [0.2, 0.25) is 0 Å². The van der Waals surface area contributed by atoms with Gasteiger partial charge in [-0.2, -0.15) is 0 Å². The zero-order chi connectivity index (χ0) is 18.0. The van der Waals surface area contributed by atoms with Gasteiger partial charge in [0, 0.05) is 44.0 Å². The van der Waals surface area contributed by atoms with Gasteiger partial charge in [-0.1, -0.05) is 32.1 Å². The molecule has 0 bridgehead atoms. The lowest BCUT2D eigenvalue weighted by Gasteiger charge is -2.21. The average molecular weight is 359 g/mol.